The van der Waals surface area contributed by atoms with Crippen LogP contribution >= 0.6 is 15.9 Å². The summed E-state index contributed by atoms with van der Waals surface area (Å²) in [5, 5.41) is 1.13. The maximum absolute atomic E-state index is 11.6. The Morgan fingerprint density at radius 3 is 2.69 bits per heavy atom. The zero-order valence-corrected chi connectivity index (χ0v) is 11.3. The highest BCUT2D eigenvalue weighted by Crippen LogP contribution is 2.04. The van der Waals surface area contributed by atoms with Crippen molar-refractivity contribution in [3.63, 3.8) is 0 Å². The van der Waals surface area contributed by atoms with E-state index in [0.717, 1.165) is 31.0 Å². The summed E-state index contributed by atoms with van der Waals surface area (Å²) >= 11 is 3.35. The van der Waals surface area contributed by atoms with Crippen molar-refractivity contribution < 1.29 is 8.42 Å². The Kier molecular flexibility index (Phi) is 6.00. The normalized spacial score (nSPS) is 11.8. The highest BCUT2D eigenvalue weighted by molar-refractivity contribution is 9.09. The van der Waals surface area contributed by atoms with Crippen LogP contribution in [0.1, 0.15) is 25.7 Å². The van der Waals surface area contributed by atoms with E-state index in [1.807, 2.05) is 0 Å². The minimum Gasteiger partial charge on any atom is -0.335 e. The molecule has 0 spiro atoms. The lowest BCUT2D eigenvalue weighted by Gasteiger charge is -2.03. The number of H-pyrrole nitrogens is 1. The van der Waals surface area contributed by atoms with Crippen LogP contribution in [-0.4, -0.2) is 30.3 Å². The van der Waals surface area contributed by atoms with Gasteiger partial charge < -0.3 is 4.98 Å². The molecule has 0 saturated carbocycles. The summed E-state index contributed by atoms with van der Waals surface area (Å²) in [5.74, 6) is 0. The molecule has 5 nitrogen and oxygen atoms in total. The van der Waals surface area contributed by atoms with Gasteiger partial charge in [-0.2, -0.15) is 0 Å². The average molecular weight is 310 g/mol. The molecule has 0 aliphatic heterocycles. The lowest BCUT2D eigenvalue weighted by Crippen LogP contribution is -2.25. The highest BCUT2D eigenvalue weighted by atomic mass is 79.9. The summed E-state index contributed by atoms with van der Waals surface area (Å²) in [6.07, 6.45) is 6.81. The zero-order chi connectivity index (χ0) is 11.9. The number of halogens is 1. The minimum atomic E-state index is -3.39. The molecular weight excluding hydrogens is 294 g/mol. The topological polar surface area (TPSA) is 74.8 Å². The molecule has 0 aliphatic rings. The van der Waals surface area contributed by atoms with Gasteiger partial charge >= 0.3 is 0 Å². The van der Waals surface area contributed by atoms with Gasteiger partial charge in [0.05, 0.1) is 12.5 Å². The van der Waals surface area contributed by atoms with Crippen molar-refractivity contribution in [1.29, 1.82) is 0 Å². The van der Waals surface area contributed by atoms with E-state index in [4.69, 9.17) is 0 Å². The van der Waals surface area contributed by atoms with Crippen molar-refractivity contribution in [2.45, 2.75) is 30.7 Å². The van der Waals surface area contributed by atoms with E-state index in [0.29, 0.717) is 6.54 Å². The molecule has 0 unspecified atom stereocenters. The molecule has 0 aliphatic carbocycles. The van der Waals surface area contributed by atoms with Crippen molar-refractivity contribution in [2.75, 3.05) is 11.9 Å². The summed E-state index contributed by atoms with van der Waals surface area (Å²) in [6, 6.07) is 0. The quantitative estimate of drug-likeness (QED) is 0.566. The van der Waals surface area contributed by atoms with E-state index in [9.17, 15) is 8.42 Å². The second-order valence-corrected chi connectivity index (χ2v) is 5.95. The molecule has 1 aromatic rings. The first-order chi connectivity index (χ1) is 7.67. The fourth-order valence-corrected chi connectivity index (χ4v) is 2.62. The Balaban J connectivity index is 2.22. The third-order valence-electron chi connectivity index (χ3n) is 2.12. The van der Waals surface area contributed by atoms with Crippen LogP contribution in [0.5, 0.6) is 0 Å². The fourth-order valence-electron chi connectivity index (χ4n) is 1.25. The maximum Gasteiger partial charge on any atom is 0.257 e. The first kappa shape index (κ1) is 13.7. The van der Waals surface area contributed by atoms with Crippen molar-refractivity contribution in [3.05, 3.63) is 12.5 Å². The molecule has 1 aromatic heterocycles. The summed E-state index contributed by atoms with van der Waals surface area (Å²) < 4.78 is 25.7. The maximum atomic E-state index is 11.6. The van der Waals surface area contributed by atoms with Gasteiger partial charge in [0, 0.05) is 11.9 Å². The first-order valence-corrected chi connectivity index (χ1v) is 7.81. The second kappa shape index (κ2) is 7.03. The van der Waals surface area contributed by atoms with E-state index in [2.05, 4.69) is 30.6 Å². The number of nitrogens with one attached hydrogen (secondary N) is 2. The predicted molar refractivity (Wildman–Crippen MR) is 66.0 cm³/mol. The Labute approximate surface area is 104 Å². The third kappa shape index (κ3) is 4.63. The largest absolute Gasteiger partial charge is 0.335 e. The Morgan fingerprint density at radius 1 is 1.31 bits per heavy atom. The number of nitrogens with zero attached hydrogens (tertiary/aromatic N) is 1. The van der Waals surface area contributed by atoms with Crippen LogP contribution < -0.4 is 4.72 Å². The van der Waals surface area contributed by atoms with Crippen LogP contribution in [-0.2, 0) is 10.0 Å². The van der Waals surface area contributed by atoms with Gasteiger partial charge in [0.2, 0.25) is 0 Å². The Bertz CT molecular complexity index is 377. The van der Waals surface area contributed by atoms with Crippen LogP contribution in [0.3, 0.4) is 0 Å². The third-order valence-corrected chi connectivity index (χ3v) is 4.06. The summed E-state index contributed by atoms with van der Waals surface area (Å²) in [7, 11) is -3.39. The molecule has 1 heterocycles. The minimum absolute atomic E-state index is 0.118. The van der Waals surface area contributed by atoms with Gasteiger partial charge in [0.15, 0.2) is 5.03 Å². The lowest BCUT2D eigenvalue weighted by atomic mass is 10.2. The van der Waals surface area contributed by atoms with Gasteiger partial charge in [0.1, 0.15) is 0 Å². The van der Waals surface area contributed by atoms with Crippen LogP contribution in [0.25, 0.3) is 0 Å². The smallest absolute Gasteiger partial charge is 0.257 e. The number of aromatic amines is 1. The molecule has 0 aromatic carbocycles. The Morgan fingerprint density at radius 2 is 2.06 bits per heavy atom. The van der Waals surface area contributed by atoms with E-state index >= 15 is 0 Å². The second-order valence-electron chi connectivity index (χ2n) is 3.42. The number of hydrogen-bond donors (Lipinski definition) is 2. The molecule has 7 heteroatoms. The van der Waals surface area contributed by atoms with E-state index in [1.54, 1.807) is 0 Å². The number of aromatic nitrogens is 2. The van der Waals surface area contributed by atoms with Crippen molar-refractivity contribution in [3.8, 4) is 0 Å². The van der Waals surface area contributed by atoms with Gasteiger partial charge in [0.25, 0.3) is 10.0 Å². The highest BCUT2D eigenvalue weighted by Gasteiger charge is 2.13. The number of sulfonamides is 1. The van der Waals surface area contributed by atoms with Crippen LogP contribution in [0.4, 0.5) is 0 Å². The zero-order valence-electron chi connectivity index (χ0n) is 8.95. The van der Waals surface area contributed by atoms with Gasteiger partial charge in [-0.15, -0.1) is 0 Å². The molecule has 2 N–H and O–H groups in total. The standard InChI is InChI=1S/C9H16BrN3O2S/c10-5-3-1-2-4-6-13-16(14,15)9-7-11-8-12-9/h7-8,13H,1-6H2,(H,11,12). The molecule has 0 radical (unpaired) electrons. The molecule has 0 bridgehead atoms. The molecule has 1 rings (SSSR count). The summed E-state index contributed by atoms with van der Waals surface area (Å²) in [6.45, 7) is 0.476. The first-order valence-electron chi connectivity index (χ1n) is 5.21. The fraction of sp³-hybridized carbons (Fsp3) is 0.667. The van der Waals surface area contributed by atoms with Crippen LogP contribution in [0.15, 0.2) is 17.6 Å². The van der Waals surface area contributed by atoms with Crippen molar-refractivity contribution >= 4 is 26.0 Å². The van der Waals surface area contributed by atoms with E-state index in [1.165, 1.54) is 12.5 Å². The summed E-state index contributed by atoms with van der Waals surface area (Å²) in [4.78, 5) is 6.25. The van der Waals surface area contributed by atoms with Crippen molar-refractivity contribution in [2.24, 2.45) is 0 Å². The number of unbranched alkanes of at least 4 members (excludes halogenated alkanes) is 3. The molecule has 0 atom stereocenters. The number of alkyl halides is 1. The number of imidazole rings is 1. The molecule has 92 valence electrons. The summed E-state index contributed by atoms with van der Waals surface area (Å²) in [5.41, 5.74) is 0. The molecule has 16 heavy (non-hydrogen) atoms. The lowest BCUT2D eigenvalue weighted by molar-refractivity contribution is 0.571. The molecule has 0 saturated heterocycles. The van der Waals surface area contributed by atoms with Crippen LogP contribution in [0, 0.1) is 0 Å². The van der Waals surface area contributed by atoms with Gasteiger partial charge in [-0.3, -0.25) is 0 Å². The van der Waals surface area contributed by atoms with Gasteiger partial charge in [-0.25, -0.2) is 18.1 Å². The van der Waals surface area contributed by atoms with E-state index in [-0.39, 0.29) is 5.03 Å². The average Bonchev–Trinajstić information content (AvgIpc) is 2.77. The van der Waals surface area contributed by atoms with Gasteiger partial charge in [-0.05, 0) is 12.8 Å². The van der Waals surface area contributed by atoms with Crippen molar-refractivity contribution in [1.82, 2.24) is 14.7 Å². The van der Waals surface area contributed by atoms with Crippen LogP contribution in [0.2, 0.25) is 0 Å². The number of hydrogen-bond acceptors (Lipinski definition) is 3. The molecular formula is C9H16BrN3O2S. The predicted octanol–water partition coefficient (Wildman–Crippen LogP) is 1.64. The van der Waals surface area contributed by atoms with Gasteiger partial charge in [-0.1, -0.05) is 28.8 Å². The Hall–Kier alpha value is -0.400. The number of rotatable bonds is 8. The van der Waals surface area contributed by atoms with E-state index < -0.39 is 10.0 Å². The molecule has 0 amide bonds. The molecule has 0 fully saturated rings. The monoisotopic (exact) mass is 309 g/mol. The SMILES string of the molecule is O=S(=O)(NCCCCCCBr)c1cnc[nH]1.